The molecule has 2 amide bonds. The van der Waals surface area contributed by atoms with Gasteiger partial charge in [-0.2, -0.15) is 0 Å². The third-order valence-electron chi connectivity index (χ3n) is 4.41. The lowest BCUT2D eigenvalue weighted by Crippen LogP contribution is -2.27. The highest BCUT2D eigenvalue weighted by molar-refractivity contribution is 7.17. The average molecular weight is 404 g/mol. The number of anilines is 1. The quantitative estimate of drug-likeness (QED) is 0.533. The van der Waals surface area contributed by atoms with Crippen molar-refractivity contribution >= 4 is 39.1 Å². The maximum Gasteiger partial charge on any atom is 0.263 e. The molecular weight excluding hydrogens is 388 g/mol. The van der Waals surface area contributed by atoms with Crippen molar-refractivity contribution in [3.05, 3.63) is 82.2 Å². The van der Waals surface area contributed by atoms with Crippen LogP contribution in [0.15, 0.2) is 71.1 Å². The Morgan fingerprint density at radius 1 is 1.07 bits per heavy atom. The number of hydrogen-bond donors (Lipinski definition) is 2. The molecule has 0 radical (unpaired) electrons. The van der Waals surface area contributed by atoms with E-state index >= 15 is 0 Å². The molecule has 0 aliphatic heterocycles. The first-order valence-corrected chi connectivity index (χ1v) is 9.62. The van der Waals surface area contributed by atoms with Gasteiger partial charge in [-0.05, 0) is 29.8 Å². The van der Waals surface area contributed by atoms with Crippen LogP contribution in [0.25, 0.3) is 21.3 Å². The number of nitrogens with zero attached hydrogens (tertiary/aromatic N) is 2. The summed E-state index contributed by atoms with van der Waals surface area (Å²) < 4.78 is 1.29. The first-order chi connectivity index (χ1) is 14.0. The minimum atomic E-state index is -0.543. The minimum Gasteiger partial charge on any atom is -0.366 e. The van der Waals surface area contributed by atoms with Crippen molar-refractivity contribution < 1.29 is 9.59 Å². The molecule has 0 aliphatic carbocycles. The summed E-state index contributed by atoms with van der Waals surface area (Å²) in [4.78, 5) is 41.5. The molecule has 0 fully saturated rings. The molecule has 7 nitrogen and oxygen atoms in total. The highest BCUT2D eigenvalue weighted by Crippen LogP contribution is 2.30. The van der Waals surface area contributed by atoms with Crippen LogP contribution in [0.5, 0.6) is 0 Å². The molecule has 4 rings (SSSR count). The lowest BCUT2D eigenvalue weighted by molar-refractivity contribution is -0.116. The van der Waals surface area contributed by atoms with Crippen LogP contribution in [0.4, 0.5) is 5.69 Å². The van der Waals surface area contributed by atoms with Crippen LogP contribution >= 0.6 is 11.3 Å². The number of nitrogens with two attached hydrogens (primary N) is 1. The number of carbonyl (C=O) groups is 2. The van der Waals surface area contributed by atoms with Gasteiger partial charge in [0.1, 0.15) is 11.4 Å². The number of thiophene rings is 1. The predicted octanol–water partition coefficient (Wildman–Crippen LogP) is 2.86. The van der Waals surface area contributed by atoms with Gasteiger partial charge in [0.15, 0.2) is 0 Å². The Labute approximate surface area is 169 Å². The third kappa shape index (κ3) is 3.78. The summed E-state index contributed by atoms with van der Waals surface area (Å²) in [6.07, 6.45) is 1.38. The molecule has 3 N–H and O–H groups in total. The fraction of sp³-hybridized carbons (Fsp3) is 0.0476. The molecule has 2 heterocycles. The summed E-state index contributed by atoms with van der Waals surface area (Å²) in [6, 6.07) is 15.8. The lowest BCUT2D eigenvalue weighted by Gasteiger charge is -2.08. The molecule has 0 spiro atoms. The number of amides is 2. The van der Waals surface area contributed by atoms with Crippen LogP contribution in [0.3, 0.4) is 0 Å². The van der Waals surface area contributed by atoms with Gasteiger partial charge in [0.25, 0.3) is 5.56 Å². The van der Waals surface area contributed by atoms with Crippen molar-refractivity contribution in [1.29, 1.82) is 0 Å². The topological polar surface area (TPSA) is 107 Å². The van der Waals surface area contributed by atoms with Gasteiger partial charge < -0.3 is 11.1 Å². The van der Waals surface area contributed by atoms with Crippen LogP contribution in [-0.4, -0.2) is 21.4 Å². The van der Waals surface area contributed by atoms with Gasteiger partial charge in [-0.25, -0.2) is 4.98 Å². The fourth-order valence-corrected chi connectivity index (χ4v) is 3.89. The van der Waals surface area contributed by atoms with Crippen molar-refractivity contribution in [2.45, 2.75) is 6.54 Å². The highest BCUT2D eigenvalue weighted by atomic mass is 32.1. The summed E-state index contributed by atoms with van der Waals surface area (Å²) in [5.74, 6) is -0.921. The third-order valence-corrected chi connectivity index (χ3v) is 5.30. The SMILES string of the molecule is NC(=O)c1ccc(NC(=O)Cn2cnc3scc(-c4ccccc4)c3c2=O)cc1. The van der Waals surface area contributed by atoms with E-state index in [4.69, 9.17) is 5.73 Å². The van der Waals surface area contributed by atoms with E-state index in [9.17, 15) is 14.4 Å². The molecule has 2 aromatic heterocycles. The second kappa shape index (κ2) is 7.69. The number of primary amides is 1. The number of benzene rings is 2. The Hall–Kier alpha value is -3.78. The molecule has 0 bridgehead atoms. The largest absolute Gasteiger partial charge is 0.366 e. The van der Waals surface area contributed by atoms with Crippen molar-refractivity contribution in [2.75, 3.05) is 5.32 Å². The van der Waals surface area contributed by atoms with E-state index in [1.807, 2.05) is 35.7 Å². The lowest BCUT2D eigenvalue weighted by atomic mass is 10.1. The number of hydrogen-bond acceptors (Lipinski definition) is 5. The zero-order chi connectivity index (χ0) is 20.4. The van der Waals surface area contributed by atoms with Crippen LogP contribution < -0.4 is 16.6 Å². The van der Waals surface area contributed by atoms with E-state index in [2.05, 4.69) is 10.3 Å². The van der Waals surface area contributed by atoms with E-state index in [1.165, 1.54) is 34.4 Å². The van der Waals surface area contributed by atoms with Gasteiger partial charge >= 0.3 is 0 Å². The summed E-state index contributed by atoms with van der Waals surface area (Å²) in [5, 5.41) is 5.10. The molecule has 29 heavy (non-hydrogen) atoms. The zero-order valence-electron chi connectivity index (χ0n) is 15.2. The molecule has 144 valence electrons. The Morgan fingerprint density at radius 3 is 2.48 bits per heavy atom. The van der Waals surface area contributed by atoms with Gasteiger partial charge in [0.05, 0.1) is 11.7 Å². The van der Waals surface area contributed by atoms with E-state index in [0.29, 0.717) is 21.5 Å². The summed E-state index contributed by atoms with van der Waals surface area (Å²) in [7, 11) is 0. The molecule has 0 saturated carbocycles. The first kappa shape index (κ1) is 18.6. The number of nitrogens with one attached hydrogen (secondary N) is 1. The van der Waals surface area contributed by atoms with E-state index in [1.54, 1.807) is 12.1 Å². The van der Waals surface area contributed by atoms with Crippen molar-refractivity contribution in [2.24, 2.45) is 5.73 Å². The number of fused-ring (bicyclic) bond motifs is 1. The molecular formula is C21H16N4O3S. The van der Waals surface area contributed by atoms with Gasteiger partial charge in [-0.15, -0.1) is 11.3 Å². The Balaban J connectivity index is 1.59. The molecule has 8 heteroatoms. The van der Waals surface area contributed by atoms with Gasteiger partial charge in [-0.3, -0.25) is 19.0 Å². The predicted molar refractivity (Wildman–Crippen MR) is 113 cm³/mol. The standard InChI is InChI=1S/C21H16N4O3S/c22-19(27)14-6-8-15(9-7-14)24-17(26)10-25-12-23-20-18(21(25)28)16(11-29-20)13-4-2-1-3-5-13/h1-9,11-12H,10H2,(H2,22,27)(H,24,26). The van der Waals surface area contributed by atoms with Crippen molar-refractivity contribution in [3.8, 4) is 11.1 Å². The van der Waals surface area contributed by atoms with Crippen LogP contribution in [0, 0.1) is 0 Å². The van der Waals surface area contributed by atoms with E-state index < -0.39 is 5.91 Å². The molecule has 0 aliphatic rings. The summed E-state index contributed by atoms with van der Waals surface area (Å²) >= 11 is 1.39. The average Bonchev–Trinajstić information content (AvgIpc) is 3.16. The second-order valence-electron chi connectivity index (χ2n) is 6.36. The smallest absolute Gasteiger partial charge is 0.263 e. The van der Waals surface area contributed by atoms with Crippen LogP contribution in [0.2, 0.25) is 0 Å². The molecule has 2 aromatic carbocycles. The number of carbonyl (C=O) groups excluding carboxylic acids is 2. The Kier molecular flexibility index (Phi) is 4.92. The Morgan fingerprint density at radius 2 is 1.79 bits per heavy atom. The maximum atomic E-state index is 13.0. The van der Waals surface area contributed by atoms with Gasteiger partial charge in [-0.1, -0.05) is 30.3 Å². The van der Waals surface area contributed by atoms with Gasteiger partial charge in [0.2, 0.25) is 11.8 Å². The number of aromatic nitrogens is 2. The molecule has 0 atom stereocenters. The molecule has 4 aromatic rings. The van der Waals surface area contributed by atoms with Crippen LogP contribution in [0.1, 0.15) is 10.4 Å². The van der Waals surface area contributed by atoms with Crippen LogP contribution in [-0.2, 0) is 11.3 Å². The van der Waals surface area contributed by atoms with Crippen molar-refractivity contribution in [3.63, 3.8) is 0 Å². The monoisotopic (exact) mass is 404 g/mol. The van der Waals surface area contributed by atoms with Crippen molar-refractivity contribution in [1.82, 2.24) is 9.55 Å². The Bertz CT molecular complexity index is 1260. The zero-order valence-corrected chi connectivity index (χ0v) is 16.0. The fourth-order valence-electron chi connectivity index (χ4n) is 2.98. The summed E-state index contributed by atoms with van der Waals surface area (Å²) in [6.45, 7) is -0.177. The first-order valence-electron chi connectivity index (χ1n) is 8.74. The van der Waals surface area contributed by atoms with E-state index in [-0.39, 0.29) is 18.0 Å². The van der Waals surface area contributed by atoms with Gasteiger partial charge in [0, 0.05) is 22.2 Å². The summed E-state index contributed by atoms with van der Waals surface area (Å²) in [5.41, 5.74) is 7.52. The normalized spacial score (nSPS) is 10.8. The number of rotatable bonds is 5. The minimum absolute atomic E-state index is 0.177. The second-order valence-corrected chi connectivity index (χ2v) is 7.22. The molecule has 0 saturated heterocycles. The molecule has 0 unspecified atom stereocenters. The van der Waals surface area contributed by atoms with E-state index in [0.717, 1.165) is 11.1 Å². The highest BCUT2D eigenvalue weighted by Gasteiger charge is 2.14. The maximum absolute atomic E-state index is 13.0.